The molecule has 0 spiro atoms. The summed E-state index contributed by atoms with van der Waals surface area (Å²) in [6.45, 7) is 1.76. The molecular weight excluding hydrogens is 360 g/mol. The number of nitrogens with one attached hydrogen (secondary N) is 1. The molecule has 1 aliphatic carbocycles. The fourth-order valence-corrected chi connectivity index (χ4v) is 4.37. The third-order valence-electron chi connectivity index (χ3n) is 6.23. The zero-order valence-electron chi connectivity index (χ0n) is 17.9. The van der Waals surface area contributed by atoms with Crippen LogP contribution in [0.2, 0.25) is 0 Å². The Morgan fingerprint density at radius 1 is 0.931 bits per heavy atom. The SMILES string of the molecule is CN(C)C1(CNC[C@@H](O)COC(c2ccccc2)c2ccccc2)CCCCC1. The molecule has 3 rings (SSSR count). The molecule has 29 heavy (non-hydrogen) atoms. The quantitative estimate of drug-likeness (QED) is 0.637. The molecule has 1 fully saturated rings. The van der Waals surface area contributed by atoms with Gasteiger partial charge in [-0.15, -0.1) is 0 Å². The summed E-state index contributed by atoms with van der Waals surface area (Å²) in [5.74, 6) is 0. The number of nitrogens with zero attached hydrogens (tertiary/aromatic N) is 1. The number of hydrogen-bond acceptors (Lipinski definition) is 4. The van der Waals surface area contributed by atoms with E-state index in [1.807, 2.05) is 36.4 Å². The van der Waals surface area contributed by atoms with Crippen molar-refractivity contribution in [1.82, 2.24) is 10.2 Å². The average Bonchev–Trinajstić information content (AvgIpc) is 2.76. The predicted octanol–water partition coefficient (Wildman–Crippen LogP) is 4.01. The van der Waals surface area contributed by atoms with Crippen molar-refractivity contribution >= 4 is 0 Å². The van der Waals surface area contributed by atoms with E-state index < -0.39 is 6.10 Å². The van der Waals surface area contributed by atoms with Crippen molar-refractivity contribution in [3.63, 3.8) is 0 Å². The topological polar surface area (TPSA) is 44.7 Å². The number of hydrogen-bond donors (Lipinski definition) is 2. The van der Waals surface area contributed by atoms with E-state index in [0.717, 1.165) is 17.7 Å². The molecule has 0 aliphatic heterocycles. The minimum Gasteiger partial charge on any atom is -0.389 e. The smallest absolute Gasteiger partial charge is 0.108 e. The predicted molar refractivity (Wildman–Crippen MR) is 119 cm³/mol. The zero-order chi connectivity index (χ0) is 20.5. The highest BCUT2D eigenvalue weighted by Gasteiger charge is 2.33. The van der Waals surface area contributed by atoms with Crippen LogP contribution in [-0.2, 0) is 4.74 Å². The molecule has 1 saturated carbocycles. The fourth-order valence-electron chi connectivity index (χ4n) is 4.37. The number of aliphatic hydroxyl groups excluding tert-OH is 1. The van der Waals surface area contributed by atoms with Gasteiger partial charge in [-0.1, -0.05) is 79.9 Å². The van der Waals surface area contributed by atoms with Gasteiger partial charge in [-0.25, -0.2) is 0 Å². The van der Waals surface area contributed by atoms with Crippen LogP contribution in [0.5, 0.6) is 0 Å². The summed E-state index contributed by atoms with van der Waals surface area (Å²) < 4.78 is 6.19. The summed E-state index contributed by atoms with van der Waals surface area (Å²) >= 11 is 0. The fraction of sp³-hybridized carbons (Fsp3) is 0.520. The Morgan fingerprint density at radius 3 is 2.00 bits per heavy atom. The number of likely N-dealkylation sites (N-methyl/N-ethyl adjacent to an activating group) is 1. The van der Waals surface area contributed by atoms with E-state index in [9.17, 15) is 5.11 Å². The van der Waals surface area contributed by atoms with Crippen LogP contribution < -0.4 is 5.32 Å². The molecule has 158 valence electrons. The minimum absolute atomic E-state index is 0.168. The lowest BCUT2D eigenvalue weighted by atomic mass is 9.80. The van der Waals surface area contributed by atoms with Crippen LogP contribution in [0.1, 0.15) is 49.3 Å². The molecule has 0 aromatic heterocycles. The molecule has 0 saturated heterocycles. The Bertz CT molecular complexity index is 660. The maximum atomic E-state index is 10.5. The lowest BCUT2D eigenvalue weighted by Crippen LogP contribution is -2.53. The average molecular weight is 397 g/mol. The first-order valence-corrected chi connectivity index (χ1v) is 10.9. The second-order valence-electron chi connectivity index (χ2n) is 8.50. The molecule has 4 nitrogen and oxygen atoms in total. The lowest BCUT2D eigenvalue weighted by molar-refractivity contribution is 0.00423. The van der Waals surface area contributed by atoms with Crippen LogP contribution in [0.25, 0.3) is 0 Å². The van der Waals surface area contributed by atoms with Gasteiger partial charge in [0.1, 0.15) is 6.10 Å². The van der Waals surface area contributed by atoms with E-state index in [0.29, 0.717) is 13.2 Å². The van der Waals surface area contributed by atoms with Crippen molar-refractivity contribution in [1.29, 1.82) is 0 Å². The van der Waals surface area contributed by atoms with E-state index in [1.54, 1.807) is 0 Å². The minimum atomic E-state index is -0.535. The highest BCUT2D eigenvalue weighted by Crippen LogP contribution is 2.31. The third kappa shape index (κ3) is 6.13. The molecule has 0 radical (unpaired) electrons. The van der Waals surface area contributed by atoms with E-state index in [1.165, 1.54) is 32.1 Å². The van der Waals surface area contributed by atoms with Crippen molar-refractivity contribution in [3.05, 3.63) is 71.8 Å². The summed E-state index contributed by atoms with van der Waals surface area (Å²) in [5.41, 5.74) is 2.43. The summed E-state index contributed by atoms with van der Waals surface area (Å²) in [6.07, 6.45) is 5.67. The summed E-state index contributed by atoms with van der Waals surface area (Å²) in [5, 5.41) is 14.1. The molecule has 4 heteroatoms. The maximum Gasteiger partial charge on any atom is 0.108 e. The second-order valence-corrected chi connectivity index (χ2v) is 8.50. The number of aliphatic hydroxyl groups is 1. The van der Waals surface area contributed by atoms with Gasteiger partial charge >= 0.3 is 0 Å². The maximum absolute atomic E-state index is 10.5. The van der Waals surface area contributed by atoms with Gasteiger partial charge in [0.05, 0.1) is 12.7 Å². The molecule has 0 bridgehead atoms. The molecule has 1 atom stereocenters. The van der Waals surface area contributed by atoms with Crippen molar-refractivity contribution < 1.29 is 9.84 Å². The van der Waals surface area contributed by atoms with E-state index in [4.69, 9.17) is 4.74 Å². The van der Waals surface area contributed by atoms with Crippen LogP contribution >= 0.6 is 0 Å². The van der Waals surface area contributed by atoms with Gasteiger partial charge in [-0.2, -0.15) is 0 Å². The normalized spacial score (nSPS) is 17.6. The Balaban J connectivity index is 1.53. The van der Waals surface area contributed by atoms with Crippen molar-refractivity contribution in [3.8, 4) is 0 Å². The van der Waals surface area contributed by atoms with Gasteiger partial charge in [0, 0.05) is 18.6 Å². The van der Waals surface area contributed by atoms with Crippen molar-refractivity contribution in [2.24, 2.45) is 0 Å². The highest BCUT2D eigenvalue weighted by molar-refractivity contribution is 5.29. The Labute approximate surface area is 175 Å². The summed E-state index contributed by atoms with van der Waals surface area (Å²) in [7, 11) is 4.35. The van der Waals surface area contributed by atoms with E-state index in [-0.39, 0.29) is 11.6 Å². The highest BCUT2D eigenvalue weighted by atomic mass is 16.5. The van der Waals surface area contributed by atoms with Crippen LogP contribution in [-0.4, -0.2) is 55.4 Å². The van der Waals surface area contributed by atoms with Crippen molar-refractivity contribution in [2.45, 2.75) is 49.9 Å². The first kappa shape index (κ1) is 22.0. The van der Waals surface area contributed by atoms with E-state index in [2.05, 4.69) is 48.6 Å². The Kier molecular flexibility index (Phi) is 8.25. The number of rotatable bonds is 10. The summed E-state index contributed by atoms with van der Waals surface area (Å²) in [6, 6.07) is 20.4. The van der Waals surface area contributed by atoms with Gasteiger partial charge in [-0.3, -0.25) is 0 Å². The first-order chi connectivity index (χ1) is 14.1. The Hall–Kier alpha value is -1.72. The molecular formula is C25H36N2O2. The Morgan fingerprint density at radius 2 is 1.48 bits per heavy atom. The van der Waals surface area contributed by atoms with E-state index >= 15 is 0 Å². The molecule has 0 heterocycles. The molecule has 2 aromatic carbocycles. The standard InChI is InChI=1S/C25H36N2O2/c1-27(2)25(16-10-5-11-17-25)20-26-18-23(28)19-29-24(21-12-6-3-7-13-21)22-14-8-4-9-15-22/h3-4,6-9,12-15,23-24,26,28H,5,10-11,16-20H2,1-2H3/t23-/m1/s1. The summed E-state index contributed by atoms with van der Waals surface area (Å²) in [4.78, 5) is 2.36. The number of ether oxygens (including phenoxy) is 1. The largest absolute Gasteiger partial charge is 0.389 e. The lowest BCUT2D eigenvalue weighted by Gasteiger charge is -2.43. The first-order valence-electron chi connectivity index (χ1n) is 10.9. The van der Waals surface area contributed by atoms with Gasteiger partial charge in [0.15, 0.2) is 0 Å². The van der Waals surface area contributed by atoms with Crippen LogP contribution in [0.15, 0.2) is 60.7 Å². The molecule has 0 amide bonds. The van der Waals surface area contributed by atoms with Gasteiger partial charge in [0.25, 0.3) is 0 Å². The van der Waals surface area contributed by atoms with Crippen LogP contribution in [0.3, 0.4) is 0 Å². The van der Waals surface area contributed by atoms with Gasteiger partial charge in [-0.05, 0) is 38.1 Å². The zero-order valence-corrected chi connectivity index (χ0v) is 17.9. The molecule has 0 unspecified atom stereocenters. The van der Waals surface area contributed by atoms with Crippen LogP contribution in [0, 0.1) is 0 Å². The molecule has 1 aliphatic rings. The van der Waals surface area contributed by atoms with Gasteiger partial charge in [0.2, 0.25) is 0 Å². The number of benzene rings is 2. The van der Waals surface area contributed by atoms with Crippen LogP contribution in [0.4, 0.5) is 0 Å². The van der Waals surface area contributed by atoms with Crippen molar-refractivity contribution in [2.75, 3.05) is 33.8 Å². The molecule has 2 N–H and O–H groups in total. The monoisotopic (exact) mass is 396 g/mol. The van der Waals surface area contributed by atoms with Gasteiger partial charge < -0.3 is 20.1 Å². The molecule has 2 aromatic rings. The third-order valence-corrected chi connectivity index (χ3v) is 6.23. The second kappa shape index (κ2) is 10.9.